The molecule has 86 valence electrons. The summed E-state index contributed by atoms with van der Waals surface area (Å²) in [4.78, 5) is 13.8. The Bertz CT molecular complexity index is 417. The predicted octanol–water partition coefficient (Wildman–Crippen LogP) is 2.08. The fourth-order valence-electron chi connectivity index (χ4n) is 2.00. The molecule has 0 fully saturated rings. The number of anilines is 1. The zero-order chi connectivity index (χ0) is 11.7. The molecule has 16 heavy (non-hydrogen) atoms. The van der Waals surface area contributed by atoms with Gasteiger partial charge in [-0.1, -0.05) is 22.0 Å². The van der Waals surface area contributed by atoms with Gasteiger partial charge in [-0.3, -0.25) is 4.79 Å². The third kappa shape index (κ3) is 2.28. The zero-order valence-corrected chi connectivity index (χ0v) is 10.8. The van der Waals surface area contributed by atoms with Crippen LogP contribution in [0.4, 0.5) is 5.69 Å². The van der Waals surface area contributed by atoms with E-state index in [0.717, 1.165) is 23.1 Å². The van der Waals surface area contributed by atoms with Gasteiger partial charge in [0.2, 0.25) is 5.91 Å². The number of hydrogen-bond donors (Lipinski definition) is 1. The van der Waals surface area contributed by atoms with Crippen molar-refractivity contribution in [2.24, 2.45) is 5.73 Å². The molecule has 1 unspecified atom stereocenters. The molecule has 0 saturated heterocycles. The van der Waals surface area contributed by atoms with Crippen molar-refractivity contribution in [3.63, 3.8) is 0 Å². The molecule has 1 atom stereocenters. The van der Waals surface area contributed by atoms with E-state index in [4.69, 9.17) is 5.73 Å². The molecule has 0 bridgehead atoms. The predicted molar refractivity (Wildman–Crippen MR) is 68.5 cm³/mol. The van der Waals surface area contributed by atoms with E-state index in [1.165, 1.54) is 5.56 Å². The number of nitrogens with zero attached hydrogens (tertiary/aromatic N) is 1. The van der Waals surface area contributed by atoms with E-state index < -0.39 is 0 Å². The molecule has 0 radical (unpaired) electrons. The van der Waals surface area contributed by atoms with Crippen molar-refractivity contribution < 1.29 is 4.79 Å². The van der Waals surface area contributed by atoms with Crippen molar-refractivity contribution in [1.82, 2.24) is 0 Å². The molecular weight excluding hydrogens is 268 g/mol. The van der Waals surface area contributed by atoms with E-state index in [0.29, 0.717) is 6.42 Å². The van der Waals surface area contributed by atoms with Crippen molar-refractivity contribution in [3.05, 3.63) is 28.2 Å². The number of hydrogen-bond acceptors (Lipinski definition) is 2. The first-order valence-corrected chi connectivity index (χ1v) is 6.21. The van der Waals surface area contributed by atoms with Gasteiger partial charge in [0.25, 0.3) is 0 Å². The lowest BCUT2D eigenvalue weighted by atomic mass is 10.2. The first kappa shape index (κ1) is 11.6. The van der Waals surface area contributed by atoms with Crippen LogP contribution in [0.5, 0.6) is 0 Å². The topological polar surface area (TPSA) is 46.3 Å². The lowest BCUT2D eigenvalue weighted by Crippen LogP contribution is -2.33. The summed E-state index contributed by atoms with van der Waals surface area (Å²) in [5.41, 5.74) is 7.92. The van der Waals surface area contributed by atoms with Crippen molar-refractivity contribution in [2.75, 3.05) is 11.4 Å². The van der Waals surface area contributed by atoms with Gasteiger partial charge in [0.1, 0.15) is 0 Å². The lowest BCUT2D eigenvalue weighted by molar-refractivity contribution is -0.118. The summed E-state index contributed by atoms with van der Waals surface area (Å²) in [7, 11) is 0. The van der Waals surface area contributed by atoms with Gasteiger partial charge in [0, 0.05) is 29.2 Å². The monoisotopic (exact) mass is 282 g/mol. The maximum atomic E-state index is 12.0. The van der Waals surface area contributed by atoms with Crippen LogP contribution in [0.15, 0.2) is 22.7 Å². The third-order valence-corrected chi connectivity index (χ3v) is 3.23. The quantitative estimate of drug-likeness (QED) is 0.903. The summed E-state index contributed by atoms with van der Waals surface area (Å²) in [6, 6.07) is 6.00. The largest absolute Gasteiger partial charge is 0.327 e. The molecule has 1 amide bonds. The first-order chi connectivity index (χ1) is 7.58. The van der Waals surface area contributed by atoms with Gasteiger partial charge < -0.3 is 10.6 Å². The fraction of sp³-hybridized carbons (Fsp3) is 0.417. The van der Waals surface area contributed by atoms with Crippen molar-refractivity contribution in [2.45, 2.75) is 25.8 Å². The summed E-state index contributed by atoms with van der Waals surface area (Å²) in [6.07, 6.45) is 1.35. The number of rotatable bonds is 2. The Morgan fingerprint density at radius 1 is 1.62 bits per heavy atom. The SMILES string of the molecule is CC(N)CC(=O)N1CCc2ccc(Br)cc21. The third-order valence-electron chi connectivity index (χ3n) is 2.74. The molecule has 4 heteroatoms. The number of benzene rings is 1. The molecule has 0 spiro atoms. The Morgan fingerprint density at radius 2 is 2.38 bits per heavy atom. The maximum Gasteiger partial charge on any atom is 0.228 e. The van der Waals surface area contributed by atoms with Gasteiger partial charge in [0.05, 0.1) is 0 Å². The van der Waals surface area contributed by atoms with E-state index in [-0.39, 0.29) is 11.9 Å². The highest BCUT2D eigenvalue weighted by atomic mass is 79.9. The van der Waals surface area contributed by atoms with Crippen LogP contribution >= 0.6 is 15.9 Å². The summed E-state index contributed by atoms with van der Waals surface area (Å²) in [5.74, 6) is 0.117. The number of amides is 1. The lowest BCUT2D eigenvalue weighted by Gasteiger charge is -2.18. The molecule has 1 aromatic rings. The number of halogens is 1. The van der Waals surface area contributed by atoms with Crippen LogP contribution < -0.4 is 10.6 Å². The second-order valence-electron chi connectivity index (χ2n) is 4.25. The second kappa shape index (κ2) is 4.55. The first-order valence-electron chi connectivity index (χ1n) is 5.42. The van der Waals surface area contributed by atoms with Crippen LogP contribution in [0.2, 0.25) is 0 Å². The Kier molecular flexibility index (Phi) is 3.30. The molecule has 1 heterocycles. The van der Waals surface area contributed by atoms with Gasteiger partial charge in [0.15, 0.2) is 0 Å². The Labute approximate surface area is 104 Å². The van der Waals surface area contributed by atoms with Crippen LogP contribution in [-0.4, -0.2) is 18.5 Å². The highest BCUT2D eigenvalue weighted by molar-refractivity contribution is 9.10. The normalized spacial score (nSPS) is 16.1. The maximum absolute atomic E-state index is 12.0. The molecule has 3 nitrogen and oxygen atoms in total. The van der Waals surface area contributed by atoms with Gasteiger partial charge in [-0.15, -0.1) is 0 Å². The minimum atomic E-state index is -0.0799. The van der Waals surface area contributed by atoms with Crippen LogP contribution in [0, 0.1) is 0 Å². The van der Waals surface area contributed by atoms with Gasteiger partial charge in [-0.25, -0.2) is 0 Å². The van der Waals surface area contributed by atoms with E-state index in [1.54, 1.807) is 0 Å². The Hall–Kier alpha value is -0.870. The summed E-state index contributed by atoms with van der Waals surface area (Å²) in [5, 5.41) is 0. The van der Waals surface area contributed by atoms with E-state index in [1.807, 2.05) is 24.0 Å². The number of carbonyl (C=O) groups is 1. The molecule has 1 aliphatic rings. The fourth-order valence-corrected chi connectivity index (χ4v) is 2.35. The molecular formula is C12H15BrN2O. The summed E-state index contributed by atoms with van der Waals surface area (Å²) in [6.45, 7) is 2.63. The standard InChI is InChI=1S/C12H15BrN2O/c1-8(14)6-12(16)15-5-4-9-2-3-10(13)7-11(9)15/h2-3,7-8H,4-6,14H2,1H3. The van der Waals surface area contributed by atoms with E-state index >= 15 is 0 Å². The second-order valence-corrected chi connectivity index (χ2v) is 5.17. The van der Waals surface area contributed by atoms with Crippen molar-refractivity contribution in [3.8, 4) is 0 Å². The summed E-state index contributed by atoms with van der Waals surface area (Å²) >= 11 is 3.43. The number of nitrogens with two attached hydrogens (primary N) is 1. The highest BCUT2D eigenvalue weighted by Crippen LogP contribution is 2.31. The van der Waals surface area contributed by atoms with Gasteiger partial charge >= 0.3 is 0 Å². The summed E-state index contributed by atoms with van der Waals surface area (Å²) < 4.78 is 1.01. The van der Waals surface area contributed by atoms with Crippen LogP contribution in [0.25, 0.3) is 0 Å². The molecule has 2 N–H and O–H groups in total. The van der Waals surface area contributed by atoms with Crippen molar-refractivity contribution in [1.29, 1.82) is 0 Å². The molecule has 0 aromatic heterocycles. The minimum Gasteiger partial charge on any atom is -0.327 e. The van der Waals surface area contributed by atoms with Crippen LogP contribution in [0.3, 0.4) is 0 Å². The van der Waals surface area contributed by atoms with Gasteiger partial charge in [-0.2, -0.15) is 0 Å². The highest BCUT2D eigenvalue weighted by Gasteiger charge is 2.24. The average molecular weight is 283 g/mol. The van der Waals surface area contributed by atoms with Crippen molar-refractivity contribution >= 4 is 27.5 Å². The van der Waals surface area contributed by atoms with E-state index in [9.17, 15) is 4.79 Å². The molecule has 0 aliphatic carbocycles. The Morgan fingerprint density at radius 3 is 3.06 bits per heavy atom. The Balaban J connectivity index is 2.22. The zero-order valence-electron chi connectivity index (χ0n) is 9.24. The smallest absolute Gasteiger partial charge is 0.228 e. The van der Waals surface area contributed by atoms with Gasteiger partial charge in [-0.05, 0) is 31.0 Å². The number of carbonyl (C=O) groups excluding carboxylic acids is 1. The average Bonchev–Trinajstić information content (AvgIpc) is 2.59. The molecule has 0 saturated carbocycles. The number of fused-ring (bicyclic) bond motifs is 1. The molecule has 1 aromatic carbocycles. The van der Waals surface area contributed by atoms with Crippen LogP contribution in [0.1, 0.15) is 18.9 Å². The minimum absolute atomic E-state index is 0.0799. The molecule has 2 rings (SSSR count). The van der Waals surface area contributed by atoms with E-state index in [2.05, 4.69) is 22.0 Å². The molecule has 1 aliphatic heterocycles. The van der Waals surface area contributed by atoms with Crippen LogP contribution in [-0.2, 0) is 11.2 Å².